The van der Waals surface area contributed by atoms with Crippen molar-refractivity contribution >= 4 is 22.9 Å². The van der Waals surface area contributed by atoms with Crippen LogP contribution in [0.2, 0.25) is 0 Å². The average Bonchev–Trinajstić information content (AvgIpc) is 3.44. The summed E-state index contributed by atoms with van der Waals surface area (Å²) in [6.07, 6.45) is 1.25. The summed E-state index contributed by atoms with van der Waals surface area (Å²) in [6.45, 7) is 2.56. The molecule has 1 aliphatic carbocycles. The number of piperidine rings is 1. The molecule has 8 nitrogen and oxygen atoms in total. The minimum atomic E-state index is -5.08. The van der Waals surface area contributed by atoms with Crippen molar-refractivity contribution in [1.82, 2.24) is 25.7 Å². The van der Waals surface area contributed by atoms with E-state index in [9.17, 15) is 18.0 Å². The molecule has 4 N–H and O–H groups in total. The molecule has 2 fully saturated rings. The Labute approximate surface area is 205 Å². The SMILES string of the molecule is O=C(NCc1ccc2cn[nH]c2c1)NC1CCN(Cc2ccccc2)C2(CC2)C1.O=C(O)C(F)(F)F. The number of hydrogen-bond acceptors (Lipinski definition) is 4. The molecule has 1 atom stereocenters. The number of carboxylic acid groups (broad SMARTS) is 1. The van der Waals surface area contributed by atoms with Gasteiger partial charge >= 0.3 is 18.2 Å². The fourth-order valence-electron chi connectivity index (χ4n) is 4.59. The first-order valence-electron chi connectivity index (χ1n) is 11.7. The number of aromatic amines is 1. The molecule has 1 saturated heterocycles. The summed E-state index contributed by atoms with van der Waals surface area (Å²) in [5, 5.41) is 21.4. The zero-order valence-corrected chi connectivity index (χ0v) is 19.5. The number of alkyl halides is 3. The molecule has 1 aromatic heterocycles. The van der Waals surface area contributed by atoms with Gasteiger partial charge in [0.25, 0.3) is 0 Å². The third kappa shape index (κ3) is 6.54. The van der Waals surface area contributed by atoms with Crippen molar-refractivity contribution in [1.29, 1.82) is 0 Å². The van der Waals surface area contributed by atoms with E-state index in [4.69, 9.17) is 9.90 Å². The number of amides is 2. The van der Waals surface area contributed by atoms with Crippen molar-refractivity contribution in [2.75, 3.05) is 6.54 Å². The second-order valence-electron chi connectivity index (χ2n) is 9.24. The first-order valence-corrected chi connectivity index (χ1v) is 11.7. The monoisotopic (exact) mass is 503 g/mol. The number of hydrogen-bond donors (Lipinski definition) is 4. The molecule has 192 valence electrons. The smallest absolute Gasteiger partial charge is 0.475 e. The Kier molecular flexibility index (Phi) is 7.48. The number of aromatic nitrogens is 2. The number of nitrogens with zero attached hydrogens (tertiary/aromatic N) is 2. The second-order valence-corrected chi connectivity index (χ2v) is 9.24. The van der Waals surface area contributed by atoms with Crippen LogP contribution in [0.25, 0.3) is 10.9 Å². The number of rotatable bonds is 5. The van der Waals surface area contributed by atoms with Gasteiger partial charge in [0.1, 0.15) is 0 Å². The van der Waals surface area contributed by atoms with E-state index in [1.165, 1.54) is 18.4 Å². The molecule has 1 spiro atoms. The minimum absolute atomic E-state index is 0.0768. The molecule has 0 bridgehead atoms. The van der Waals surface area contributed by atoms with Crippen molar-refractivity contribution in [3.8, 4) is 0 Å². The van der Waals surface area contributed by atoms with Gasteiger partial charge < -0.3 is 15.7 Å². The first kappa shape index (κ1) is 25.5. The van der Waals surface area contributed by atoms with Gasteiger partial charge in [-0.05, 0) is 42.9 Å². The van der Waals surface area contributed by atoms with E-state index >= 15 is 0 Å². The van der Waals surface area contributed by atoms with E-state index in [1.54, 1.807) is 6.20 Å². The van der Waals surface area contributed by atoms with Gasteiger partial charge in [-0.2, -0.15) is 18.3 Å². The number of carbonyl (C=O) groups excluding carboxylic acids is 1. The van der Waals surface area contributed by atoms with Gasteiger partial charge in [0.15, 0.2) is 0 Å². The lowest BCUT2D eigenvalue weighted by atomic mass is 9.94. The Balaban J connectivity index is 0.000000384. The van der Waals surface area contributed by atoms with Crippen molar-refractivity contribution in [3.05, 3.63) is 65.9 Å². The number of carboxylic acids is 1. The number of H-pyrrole nitrogens is 1. The van der Waals surface area contributed by atoms with E-state index in [2.05, 4.69) is 56.1 Å². The molecular weight excluding hydrogens is 475 g/mol. The average molecular weight is 504 g/mol. The van der Waals surface area contributed by atoms with E-state index in [1.807, 2.05) is 18.2 Å². The van der Waals surface area contributed by atoms with Crippen LogP contribution in [0.15, 0.2) is 54.7 Å². The molecule has 2 aliphatic rings. The van der Waals surface area contributed by atoms with Crippen LogP contribution in [0.3, 0.4) is 0 Å². The summed E-state index contributed by atoms with van der Waals surface area (Å²) in [5.41, 5.74) is 3.72. The van der Waals surface area contributed by atoms with Gasteiger partial charge in [0, 0.05) is 36.6 Å². The van der Waals surface area contributed by atoms with Crippen LogP contribution >= 0.6 is 0 Å². The Hall–Kier alpha value is -3.60. The number of halogens is 3. The summed E-state index contributed by atoms with van der Waals surface area (Å²) < 4.78 is 31.7. The van der Waals surface area contributed by atoms with Gasteiger partial charge in [-0.3, -0.25) is 10.00 Å². The van der Waals surface area contributed by atoms with Crippen LogP contribution in [0, 0.1) is 0 Å². The van der Waals surface area contributed by atoms with Crippen molar-refractivity contribution in [3.63, 3.8) is 0 Å². The lowest BCUT2D eigenvalue weighted by Crippen LogP contribution is -2.52. The minimum Gasteiger partial charge on any atom is -0.475 e. The number of carbonyl (C=O) groups is 2. The highest BCUT2D eigenvalue weighted by Gasteiger charge is 2.51. The summed E-state index contributed by atoms with van der Waals surface area (Å²) in [5.74, 6) is -2.76. The molecule has 36 heavy (non-hydrogen) atoms. The number of benzene rings is 2. The molecule has 2 heterocycles. The highest BCUT2D eigenvalue weighted by atomic mass is 19.4. The fourth-order valence-corrected chi connectivity index (χ4v) is 4.59. The number of nitrogens with one attached hydrogen (secondary N) is 3. The van der Waals surface area contributed by atoms with E-state index in [0.29, 0.717) is 6.54 Å². The predicted molar refractivity (Wildman–Crippen MR) is 127 cm³/mol. The largest absolute Gasteiger partial charge is 0.490 e. The van der Waals surface area contributed by atoms with E-state index in [0.717, 1.165) is 42.4 Å². The zero-order valence-electron chi connectivity index (χ0n) is 19.5. The summed E-state index contributed by atoms with van der Waals surface area (Å²) in [7, 11) is 0. The molecular formula is C25H28F3N5O3. The molecule has 5 rings (SSSR count). The maximum absolute atomic E-state index is 12.4. The van der Waals surface area contributed by atoms with Gasteiger partial charge in [0.05, 0.1) is 11.7 Å². The van der Waals surface area contributed by atoms with Gasteiger partial charge in [-0.1, -0.05) is 42.5 Å². The van der Waals surface area contributed by atoms with Crippen LogP contribution in [0.5, 0.6) is 0 Å². The Bertz CT molecular complexity index is 1190. The predicted octanol–water partition coefficient (Wildman–Crippen LogP) is 4.19. The molecule has 11 heteroatoms. The van der Waals surface area contributed by atoms with Crippen LogP contribution in [-0.4, -0.2) is 56.5 Å². The van der Waals surface area contributed by atoms with Gasteiger partial charge in [-0.25, -0.2) is 9.59 Å². The van der Waals surface area contributed by atoms with E-state index < -0.39 is 12.1 Å². The number of urea groups is 1. The molecule has 1 unspecified atom stereocenters. The Morgan fingerprint density at radius 2 is 1.86 bits per heavy atom. The number of likely N-dealkylation sites (tertiary alicyclic amines) is 1. The highest BCUT2D eigenvalue weighted by molar-refractivity contribution is 5.79. The van der Waals surface area contributed by atoms with Crippen LogP contribution < -0.4 is 10.6 Å². The van der Waals surface area contributed by atoms with Crippen molar-refractivity contribution in [2.24, 2.45) is 0 Å². The molecule has 2 aromatic carbocycles. The van der Waals surface area contributed by atoms with Gasteiger partial charge in [0.2, 0.25) is 0 Å². The summed E-state index contributed by atoms with van der Waals surface area (Å²) >= 11 is 0. The maximum atomic E-state index is 12.4. The van der Waals surface area contributed by atoms with Crippen LogP contribution in [-0.2, 0) is 17.9 Å². The van der Waals surface area contributed by atoms with Crippen LogP contribution in [0.1, 0.15) is 36.8 Å². The lowest BCUT2D eigenvalue weighted by molar-refractivity contribution is -0.192. The third-order valence-corrected chi connectivity index (χ3v) is 6.63. The third-order valence-electron chi connectivity index (χ3n) is 6.63. The Morgan fingerprint density at radius 1 is 1.14 bits per heavy atom. The summed E-state index contributed by atoms with van der Waals surface area (Å²) in [4.78, 5) is 24.0. The topological polar surface area (TPSA) is 110 Å². The van der Waals surface area contributed by atoms with Crippen molar-refractivity contribution in [2.45, 2.75) is 56.5 Å². The summed E-state index contributed by atoms with van der Waals surface area (Å²) in [6, 6.07) is 16.9. The quantitative estimate of drug-likeness (QED) is 0.417. The molecule has 1 aliphatic heterocycles. The Morgan fingerprint density at radius 3 is 2.53 bits per heavy atom. The zero-order chi connectivity index (χ0) is 25.8. The normalized spacial score (nSPS) is 18.8. The number of fused-ring (bicyclic) bond motifs is 1. The first-order chi connectivity index (χ1) is 17.1. The lowest BCUT2D eigenvalue weighted by Gasteiger charge is -2.40. The highest BCUT2D eigenvalue weighted by Crippen LogP contribution is 2.48. The van der Waals surface area contributed by atoms with Crippen molar-refractivity contribution < 1.29 is 27.9 Å². The molecule has 2 amide bonds. The molecule has 1 saturated carbocycles. The number of aliphatic carboxylic acids is 1. The fraction of sp³-hybridized carbons (Fsp3) is 0.400. The maximum Gasteiger partial charge on any atom is 0.490 e. The van der Waals surface area contributed by atoms with E-state index in [-0.39, 0.29) is 17.6 Å². The molecule has 3 aromatic rings. The standard InChI is InChI=1S/C23H27N5O.C2HF3O2/c29-22(24-14-18-6-7-19-15-25-27-21(19)12-18)26-20-8-11-28(23(13-20)9-10-23)16-17-4-2-1-3-5-17;3-2(4,5)1(6)7/h1-7,12,15,20H,8-11,13-14,16H2,(H,25,27)(H2,24,26,29);(H,6,7). The van der Waals surface area contributed by atoms with Crippen LogP contribution in [0.4, 0.5) is 18.0 Å². The second kappa shape index (κ2) is 10.6. The molecule has 0 radical (unpaired) electrons. The van der Waals surface area contributed by atoms with Gasteiger partial charge in [-0.15, -0.1) is 0 Å².